The highest BCUT2D eigenvalue weighted by Crippen LogP contribution is 2.33. The summed E-state index contributed by atoms with van der Waals surface area (Å²) >= 11 is 0. The first-order valence-corrected chi connectivity index (χ1v) is 8.94. The van der Waals surface area contributed by atoms with E-state index in [-0.39, 0.29) is 0 Å². The van der Waals surface area contributed by atoms with E-state index in [9.17, 15) is 0 Å². The van der Waals surface area contributed by atoms with Crippen molar-refractivity contribution in [1.82, 2.24) is 9.97 Å². The van der Waals surface area contributed by atoms with Crippen molar-refractivity contribution in [3.63, 3.8) is 0 Å². The van der Waals surface area contributed by atoms with Crippen LogP contribution >= 0.6 is 0 Å². The second-order valence-electron chi connectivity index (χ2n) is 7.13. The van der Waals surface area contributed by atoms with Gasteiger partial charge in [-0.1, -0.05) is 48.2 Å². The zero-order valence-corrected chi connectivity index (χ0v) is 14.5. The largest absolute Gasteiger partial charge is 0.339 e. The van der Waals surface area contributed by atoms with E-state index in [1.807, 2.05) is 12.3 Å². The lowest BCUT2D eigenvalue weighted by Crippen LogP contribution is -1.95. The van der Waals surface area contributed by atoms with Gasteiger partial charge < -0.3 is 4.98 Å². The maximum Gasteiger partial charge on any atom is 0.137 e. The van der Waals surface area contributed by atoms with Gasteiger partial charge in [0.25, 0.3) is 0 Å². The lowest BCUT2D eigenvalue weighted by atomic mass is 9.94. The van der Waals surface area contributed by atoms with Gasteiger partial charge in [-0.15, -0.1) is 0 Å². The number of aryl methyl sites for hydroxylation is 2. The Morgan fingerprint density at radius 1 is 1.08 bits per heavy atom. The molecule has 1 fully saturated rings. The Hall–Kier alpha value is -2.35. The van der Waals surface area contributed by atoms with Crippen LogP contribution < -0.4 is 0 Å². The molecule has 0 radical (unpaired) electrons. The molecular weight excluding hydrogens is 292 g/mol. The Morgan fingerprint density at radius 2 is 1.83 bits per heavy atom. The fraction of sp³-hybridized carbons (Fsp3) is 0.318. The summed E-state index contributed by atoms with van der Waals surface area (Å²) in [5.41, 5.74) is 7.42. The molecule has 1 aliphatic carbocycles. The molecule has 1 saturated carbocycles. The van der Waals surface area contributed by atoms with Gasteiger partial charge >= 0.3 is 0 Å². The summed E-state index contributed by atoms with van der Waals surface area (Å²) < 4.78 is 0. The number of aromatic amines is 1. The van der Waals surface area contributed by atoms with Crippen molar-refractivity contribution in [3.05, 3.63) is 71.1 Å². The van der Waals surface area contributed by atoms with Crippen LogP contribution in [0.25, 0.3) is 16.6 Å². The van der Waals surface area contributed by atoms with Crippen LogP contribution in [0.3, 0.4) is 0 Å². The van der Waals surface area contributed by atoms with E-state index in [0.717, 1.165) is 5.65 Å². The number of H-pyrrole nitrogens is 1. The van der Waals surface area contributed by atoms with Crippen molar-refractivity contribution in [2.45, 2.75) is 39.5 Å². The summed E-state index contributed by atoms with van der Waals surface area (Å²) in [6.07, 6.45) is 9.68. The number of fused-ring (bicyclic) bond motifs is 1. The van der Waals surface area contributed by atoms with Crippen LogP contribution in [0.5, 0.6) is 0 Å². The lowest BCUT2D eigenvalue weighted by Gasteiger charge is -2.12. The molecule has 2 aromatic heterocycles. The van der Waals surface area contributed by atoms with Crippen LogP contribution in [-0.2, 0) is 0 Å². The number of nitrogens with zero attached hydrogens (tertiary/aromatic N) is 1. The average molecular weight is 316 g/mol. The van der Waals surface area contributed by atoms with Crippen molar-refractivity contribution in [3.8, 4) is 0 Å². The minimum atomic E-state index is 0.695. The highest BCUT2D eigenvalue weighted by molar-refractivity contribution is 5.87. The van der Waals surface area contributed by atoms with E-state index in [2.05, 4.69) is 60.2 Å². The standard InChI is InChI=1S/C22H24N2/c1-15-10-16(2)12-19(11-15)20(13-17-6-3-4-7-17)21-14-18-8-5-9-23-22(18)24-21/h5,8-14,17H,3-4,6-7H2,1-2H3,(H,23,24). The molecule has 0 atom stereocenters. The Kier molecular flexibility index (Phi) is 3.97. The number of allylic oxidation sites excluding steroid dienone is 1. The SMILES string of the molecule is Cc1cc(C)cc(C(=CC2CCCC2)c2cc3cccnc3[nH]2)c1. The predicted molar refractivity (Wildman–Crippen MR) is 101 cm³/mol. The van der Waals surface area contributed by atoms with Gasteiger partial charge in [0.15, 0.2) is 0 Å². The molecule has 0 aliphatic heterocycles. The number of benzene rings is 1. The molecule has 1 aliphatic rings. The van der Waals surface area contributed by atoms with E-state index in [1.165, 1.54) is 59.0 Å². The maximum absolute atomic E-state index is 4.46. The summed E-state index contributed by atoms with van der Waals surface area (Å²) in [6, 6.07) is 13.2. The van der Waals surface area contributed by atoms with Gasteiger partial charge in [-0.05, 0) is 56.4 Å². The fourth-order valence-electron chi connectivity index (χ4n) is 3.93. The smallest absolute Gasteiger partial charge is 0.137 e. The molecule has 2 heteroatoms. The highest BCUT2D eigenvalue weighted by atomic mass is 14.9. The molecule has 0 amide bonds. The monoisotopic (exact) mass is 316 g/mol. The Balaban J connectivity index is 1.86. The molecule has 0 unspecified atom stereocenters. The average Bonchev–Trinajstić information content (AvgIpc) is 3.20. The quantitative estimate of drug-likeness (QED) is 0.650. The third-order valence-electron chi connectivity index (χ3n) is 5.02. The minimum Gasteiger partial charge on any atom is -0.339 e. The van der Waals surface area contributed by atoms with E-state index >= 15 is 0 Å². The van der Waals surface area contributed by atoms with Crippen molar-refractivity contribution < 1.29 is 0 Å². The molecule has 4 rings (SSSR count). The lowest BCUT2D eigenvalue weighted by molar-refractivity contribution is 0.687. The second-order valence-corrected chi connectivity index (χ2v) is 7.13. The molecule has 2 heterocycles. The van der Waals surface area contributed by atoms with E-state index in [4.69, 9.17) is 0 Å². The molecule has 0 spiro atoms. The topological polar surface area (TPSA) is 28.7 Å². The summed E-state index contributed by atoms with van der Waals surface area (Å²) in [5, 5.41) is 1.18. The molecule has 1 aromatic carbocycles. The van der Waals surface area contributed by atoms with Crippen LogP contribution in [-0.4, -0.2) is 9.97 Å². The van der Waals surface area contributed by atoms with Crippen LogP contribution in [0.2, 0.25) is 0 Å². The van der Waals surface area contributed by atoms with Gasteiger partial charge in [-0.25, -0.2) is 4.98 Å². The number of nitrogens with one attached hydrogen (secondary N) is 1. The van der Waals surface area contributed by atoms with Gasteiger partial charge in [-0.3, -0.25) is 0 Å². The summed E-state index contributed by atoms with van der Waals surface area (Å²) in [5.74, 6) is 0.695. The predicted octanol–water partition coefficient (Wildman–Crippen LogP) is 5.80. The molecule has 2 nitrogen and oxygen atoms in total. The number of hydrogen-bond donors (Lipinski definition) is 1. The molecule has 0 bridgehead atoms. The summed E-state index contributed by atoms with van der Waals surface area (Å²) in [6.45, 7) is 4.35. The van der Waals surface area contributed by atoms with Gasteiger partial charge in [0, 0.05) is 22.9 Å². The van der Waals surface area contributed by atoms with Crippen molar-refractivity contribution >= 4 is 16.6 Å². The molecule has 3 aromatic rings. The molecule has 0 saturated heterocycles. The highest BCUT2D eigenvalue weighted by Gasteiger charge is 2.17. The number of pyridine rings is 1. The first kappa shape index (κ1) is 15.2. The first-order valence-electron chi connectivity index (χ1n) is 8.94. The van der Waals surface area contributed by atoms with Gasteiger partial charge in [-0.2, -0.15) is 0 Å². The summed E-state index contributed by atoms with van der Waals surface area (Å²) in [4.78, 5) is 7.99. The zero-order valence-electron chi connectivity index (χ0n) is 14.5. The Morgan fingerprint density at radius 3 is 2.54 bits per heavy atom. The van der Waals surface area contributed by atoms with Crippen molar-refractivity contribution in [2.24, 2.45) is 5.92 Å². The van der Waals surface area contributed by atoms with Gasteiger partial charge in [0.05, 0.1) is 0 Å². The number of aromatic nitrogens is 2. The first-order chi connectivity index (χ1) is 11.7. The minimum absolute atomic E-state index is 0.695. The van der Waals surface area contributed by atoms with Gasteiger partial charge in [0.1, 0.15) is 5.65 Å². The normalized spacial score (nSPS) is 16.2. The van der Waals surface area contributed by atoms with Crippen LogP contribution in [0, 0.1) is 19.8 Å². The number of rotatable bonds is 3. The summed E-state index contributed by atoms with van der Waals surface area (Å²) in [7, 11) is 0. The van der Waals surface area contributed by atoms with E-state index in [1.54, 1.807) is 0 Å². The molecule has 1 N–H and O–H groups in total. The van der Waals surface area contributed by atoms with Gasteiger partial charge in [0.2, 0.25) is 0 Å². The van der Waals surface area contributed by atoms with E-state index < -0.39 is 0 Å². The van der Waals surface area contributed by atoms with Crippen LogP contribution in [0.1, 0.15) is 48.1 Å². The Labute approximate surface area is 143 Å². The fourth-order valence-corrected chi connectivity index (χ4v) is 3.93. The Bertz CT molecular complexity index is 842. The van der Waals surface area contributed by atoms with Crippen molar-refractivity contribution in [1.29, 1.82) is 0 Å². The molecular formula is C22H24N2. The second kappa shape index (κ2) is 6.27. The molecule has 122 valence electrons. The third kappa shape index (κ3) is 3.01. The van der Waals surface area contributed by atoms with E-state index in [0.29, 0.717) is 5.92 Å². The van der Waals surface area contributed by atoms with Crippen LogP contribution in [0.4, 0.5) is 0 Å². The maximum atomic E-state index is 4.46. The molecule has 24 heavy (non-hydrogen) atoms. The van der Waals surface area contributed by atoms with Crippen molar-refractivity contribution in [2.75, 3.05) is 0 Å². The number of hydrogen-bond acceptors (Lipinski definition) is 1. The van der Waals surface area contributed by atoms with Crippen LogP contribution in [0.15, 0.2) is 48.7 Å². The zero-order chi connectivity index (χ0) is 16.5. The third-order valence-corrected chi connectivity index (χ3v) is 5.02.